The van der Waals surface area contributed by atoms with Crippen LogP contribution in [0.15, 0.2) is 12.1 Å². The zero-order valence-corrected chi connectivity index (χ0v) is 11.1. The Kier molecular flexibility index (Phi) is 3.69. The van der Waals surface area contributed by atoms with Crippen LogP contribution >= 0.6 is 0 Å². The van der Waals surface area contributed by atoms with Gasteiger partial charge in [-0.3, -0.25) is 0 Å². The smallest absolute Gasteiger partial charge is 0.160 e. The van der Waals surface area contributed by atoms with Crippen LogP contribution in [0.2, 0.25) is 0 Å². The van der Waals surface area contributed by atoms with E-state index >= 15 is 0 Å². The summed E-state index contributed by atoms with van der Waals surface area (Å²) in [5.41, 5.74) is 1.92. The molecule has 0 unspecified atom stereocenters. The lowest BCUT2D eigenvalue weighted by atomic mass is 9.88. The molecule has 0 aromatic heterocycles. The highest BCUT2D eigenvalue weighted by atomic mass is 19.2. The molecule has 19 heavy (non-hydrogen) atoms. The minimum absolute atomic E-state index is 0.354. The third-order valence-corrected chi connectivity index (χ3v) is 4.30. The largest absolute Gasteiger partial charge is 0.371 e. The van der Waals surface area contributed by atoms with Crippen molar-refractivity contribution in [3.8, 4) is 0 Å². The van der Waals surface area contributed by atoms with Crippen molar-refractivity contribution in [3.05, 3.63) is 29.3 Å². The molecule has 0 radical (unpaired) electrons. The summed E-state index contributed by atoms with van der Waals surface area (Å²) >= 11 is 0. The van der Waals surface area contributed by atoms with Crippen LogP contribution in [0.25, 0.3) is 0 Å². The third-order valence-electron chi connectivity index (χ3n) is 4.30. The van der Waals surface area contributed by atoms with E-state index in [0.29, 0.717) is 5.92 Å². The first-order valence-electron chi connectivity index (χ1n) is 7.20. The molecule has 2 fully saturated rings. The van der Waals surface area contributed by atoms with Crippen LogP contribution in [0.1, 0.15) is 37.2 Å². The highest BCUT2D eigenvalue weighted by Crippen LogP contribution is 2.36. The van der Waals surface area contributed by atoms with Gasteiger partial charge < -0.3 is 10.2 Å². The maximum Gasteiger partial charge on any atom is 0.160 e. The van der Waals surface area contributed by atoms with Gasteiger partial charge in [-0.2, -0.15) is 0 Å². The number of nitrogens with zero attached hydrogens (tertiary/aromatic N) is 1. The van der Waals surface area contributed by atoms with E-state index < -0.39 is 11.6 Å². The van der Waals surface area contributed by atoms with Crippen molar-refractivity contribution >= 4 is 5.69 Å². The average molecular weight is 266 g/mol. The second kappa shape index (κ2) is 5.45. The summed E-state index contributed by atoms with van der Waals surface area (Å²) in [6.45, 7) is 3.85. The quantitative estimate of drug-likeness (QED) is 0.885. The molecule has 0 saturated carbocycles. The Hall–Kier alpha value is -1.16. The lowest BCUT2D eigenvalue weighted by Crippen LogP contribution is -2.28. The van der Waals surface area contributed by atoms with E-state index in [2.05, 4.69) is 10.2 Å². The fourth-order valence-corrected chi connectivity index (χ4v) is 3.24. The van der Waals surface area contributed by atoms with E-state index in [9.17, 15) is 8.78 Å². The Morgan fingerprint density at radius 3 is 2.32 bits per heavy atom. The van der Waals surface area contributed by atoms with Crippen LogP contribution in [0.5, 0.6) is 0 Å². The Morgan fingerprint density at radius 2 is 1.63 bits per heavy atom. The van der Waals surface area contributed by atoms with Crippen LogP contribution in [0, 0.1) is 11.6 Å². The van der Waals surface area contributed by atoms with Gasteiger partial charge >= 0.3 is 0 Å². The predicted octanol–water partition coefficient (Wildman–Crippen LogP) is 3.03. The van der Waals surface area contributed by atoms with Gasteiger partial charge in [0.2, 0.25) is 0 Å². The van der Waals surface area contributed by atoms with Gasteiger partial charge in [0, 0.05) is 24.8 Å². The van der Waals surface area contributed by atoms with Gasteiger partial charge in [0.05, 0.1) is 0 Å². The molecule has 2 saturated heterocycles. The topological polar surface area (TPSA) is 15.3 Å². The lowest BCUT2D eigenvalue weighted by Gasteiger charge is -2.29. The summed E-state index contributed by atoms with van der Waals surface area (Å²) in [6.07, 6.45) is 4.30. The van der Waals surface area contributed by atoms with E-state index in [0.717, 1.165) is 63.1 Å². The highest BCUT2D eigenvalue weighted by Gasteiger charge is 2.24. The van der Waals surface area contributed by atoms with E-state index in [-0.39, 0.29) is 0 Å². The minimum atomic E-state index is -0.723. The lowest BCUT2D eigenvalue weighted by molar-refractivity contribution is 0.454. The Balaban J connectivity index is 1.97. The second-order valence-electron chi connectivity index (χ2n) is 5.54. The first-order valence-corrected chi connectivity index (χ1v) is 7.20. The molecule has 0 atom stereocenters. The number of nitrogens with one attached hydrogen (secondary N) is 1. The molecule has 1 aromatic rings. The Morgan fingerprint density at radius 1 is 1.00 bits per heavy atom. The number of piperidine rings is 1. The molecule has 1 N–H and O–H groups in total. The van der Waals surface area contributed by atoms with E-state index in [1.807, 2.05) is 0 Å². The second-order valence-corrected chi connectivity index (χ2v) is 5.54. The standard InChI is InChI=1S/C15H20F2N2/c16-13-9-12(11-3-5-18-6-4-11)15(10-14(13)17)19-7-1-2-8-19/h9-11,18H,1-8H2. The average Bonchev–Trinajstić information content (AvgIpc) is 2.96. The van der Waals surface area contributed by atoms with Crippen LogP contribution in [0.3, 0.4) is 0 Å². The summed E-state index contributed by atoms with van der Waals surface area (Å²) in [7, 11) is 0. The minimum Gasteiger partial charge on any atom is -0.371 e. The molecular weight excluding hydrogens is 246 g/mol. The first-order chi connectivity index (χ1) is 9.25. The molecule has 2 aliphatic rings. The van der Waals surface area contributed by atoms with Gasteiger partial charge in [0.15, 0.2) is 11.6 Å². The van der Waals surface area contributed by atoms with Crippen molar-refractivity contribution in [1.82, 2.24) is 5.32 Å². The molecular formula is C15H20F2N2. The Labute approximate surface area is 112 Å². The SMILES string of the molecule is Fc1cc(C2CCNCC2)c(N2CCCC2)cc1F. The molecule has 0 bridgehead atoms. The van der Waals surface area contributed by atoms with Crippen LogP contribution in [-0.2, 0) is 0 Å². The van der Waals surface area contributed by atoms with Gasteiger partial charge in [-0.25, -0.2) is 8.78 Å². The van der Waals surface area contributed by atoms with Crippen LogP contribution < -0.4 is 10.2 Å². The molecule has 2 aliphatic heterocycles. The van der Waals surface area contributed by atoms with Crippen molar-refractivity contribution < 1.29 is 8.78 Å². The molecule has 3 rings (SSSR count). The maximum atomic E-state index is 13.6. The molecule has 4 heteroatoms. The van der Waals surface area contributed by atoms with Gasteiger partial charge in [-0.15, -0.1) is 0 Å². The summed E-state index contributed by atoms with van der Waals surface area (Å²) in [5.74, 6) is -1.08. The molecule has 0 amide bonds. The van der Waals surface area contributed by atoms with Gasteiger partial charge in [0.1, 0.15) is 0 Å². The van der Waals surface area contributed by atoms with Gasteiger partial charge in [-0.1, -0.05) is 0 Å². The van der Waals surface area contributed by atoms with E-state index in [1.165, 1.54) is 12.1 Å². The molecule has 0 spiro atoms. The van der Waals surface area contributed by atoms with Gasteiger partial charge in [0.25, 0.3) is 0 Å². The van der Waals surface area contributed by atoms with E-state index in [1.54, 1.807) is 0 Å². The summed E-state index contributed by atoms with van der Waals surface area (Å²) < 4.78 is 27.2. The molecule has 104 valence electrons. The van der Waals surface area contributed by atoms with Crippen LogP contribution in [0.4, 0.5) is 14.5 Å². The van der Waals surface area contributed by atoms with Crippen molar-refractivity contribution in [2.24, 2.45) is 0 Å². The molecule has 0 aliphatic carbocycles. The zero-order valence-electron chi connectivity index (χ0n) is 11.1. The fourth-order valence-electron chi connectivity index (χ4n) is 3.24. The predicted molar refractivity (Wildman–Crippen MR) is 72.6 cm³/mol. The molecule has 2 heterocycles. The third kappa shape index (κ3) is 2.59. The van der Waals surface area contributed by atoms with Gasteiger partial charge in [-0.05, 0) is 56.3 Å². The number of anilines is 1. The van der Waals surface area contributed by atoms with E-state index in [4.69, 9.17) is 0 Å². The number of hydrogen-bond donors (Lipinski definition) is 1. The maximum absolute atomic E-state index is 13.6. The highest BCUT2D eigenvalue weighted by molar-refractivity contribution is 5.56. The first kappa shape index (κ1) is 12.9. The molecule has 2 nitrogen and oxygen atoms in total. The fraction of sp³-hybridized carbons (Fsp3) is 0.600. The molecule has 1 aromatic carbocycles. The van der Waals surface area contributed by atoms with Crippen molar-refractivity contribution in [1.29, 1.82) is 0 Å². The number of halogens is 2. The summed E-state index contributed by atoms with van der Waals surface area (Å²) in [4.78, 5) is 2.21. The Bertz CT molecular complexity index is 450. The number of hydrogen-bond acceptors (Lipinski definition) is 2. The van der Waals surface area contributed by atoms with Crippen LogP contribution in [-0.4, -0.2) is 26.2 Å². The zero-order chi connectivity index (χ0) is 13.2. The monoisotopic (exact) mass is 266 g/mol. The summed E-state index contributed by atoms with van der Waals surface area (Å²) in [5, 5.41) is 3.32. The normalized spacial score (nSPS) is 21.1. The van der Waals surface area contributed by atoms with Crippen molar-refractivity contribution in [2.45, 2.75) is 31.6 Å². The summed E-state index contributed by atoms with van der Waals surface area (Å²) in [6, 6.07) is 2.83. The number of rotatable bonds is 2. The van der Waals surface area contributed by atoms with Crippen molar-refractivity contribution in [2.75, 3.05) is 31.1 Å². The number of benzene rings is 1. The van der Waals surface area contributed by atoms with Crippen molar-refractivity contribution in [3.63, 3.8) is 0 Å².